The normalized spacial score (nSPS) is 11.2. The Labute approximate surface area is 126 Å². The highest BCUT2D eigenvalue weighted by atomic mass is 35.5. The smallest absolute Gasteiger partial charge is 0.265 e. The van der Waals surface area contributed by atoms with Crippen LogP contribution in [-0.4, -0.2) is 20.5 Å². The van der Waals surface area contributed by atoms with E-state index in [2.05, 4.69) is 9.71 Å². The van der Waals surface area contributed by atoms with Crippen molar-refractivity contribution in [1.82, 2.24) is 4.98 Å². The number of hydrogen-bond acceptors (Lipinski definition) is 4. The molecule has 1 aromatic carbocycles. The Bertz CT molecular complexity index is 735. The summed E-state index contributed by atoms with van der Waals surface area (Å²) in [6, 6.07) is 7.44. The van der Waals surface area contributed by atoms with Gasteiger partial charge in [0.1, 0.15) is 15.8 Å². The van der Waals surface area contributed by atoms with Crippen molar-refractivity contribution in [1.29, 1.82) is 0 Å². The zero-order valence-corrected chi connectivity index (χ0v) is 12.6. The van der Waals surface area contributed by atoms with Crippen LogP contribution in [0.2, 0.25) is 10.2 Å². The van der Waals surface area contributed by atoms with Crippen molar-refractivity contribution in [2.75, 3.05) is 11.8 Å². The van der Waals surface area contributed by atoms with Gasteiger partial charge in [0, 0.05) is 11.2 Å². The van der Waals surface area contributed by atoms with E-state index in [1.54, 1.807) is 12.1 Å². The van der Waals surface area contributed by atoms with E-state index in [0.717, 1.165) is 0 Å². The molecule has 0 amide bonds. The van der Waals surface area contributed by atoms with Gasteiger partial charge in [-0.3, -0.25) is 4.72 Å². The minimum absolute atomic E-state index is 0.110. The molecule has 0 unspecified atom stereocenters. The van der Waals surface area contributed by atoms with Crippen molar-refractivity contribution < 1.29 is 13.2 Å². The van der Waals surface area contributed by atoms with E-state index < -0.39 is 10.0 Å². The summed E-state index contributed by atoms with van der Waals surface area (Å²) in [7, 11) is -2.45. The summed E-state index contributed by atoms with van der Waals surface area (Å²) in [6.07, 6.45) is 1.40. The summed E-state index contributed by atoms with van der Waals surface area (Å²) in [6.45, 7) is 0. The first kappa shape index (κ1) is 14.9. The number of anilines is 1. The van der Waals surface area contributed by atoms with Crippen LogP contribution < -0.4 is 9.46 Å². The van der Waals surface area contributed by atoms with Crippen LogP contribution in [0.25, 0.3) is 0 Å². The van der Waals surface area contributed by atoms with Crippen LogP contribution in [0.3, 0.4) is 0 Å². The van der Waals surface area contributed by atoms with Gasteiger partial charge >= 0.3 is 0 Å². The quantitative estimate of drug-likeness (QED) is 0.873. The predicted octanol–water partition coefficient (Wildman–Crippen LogP) is 3.20. The highest BCUT2D eigenvalue weighted by molar-refractivity contribution is 7.92. The summed E-state index contributed by atoms with van der Waals surface area (Å²) in [4.78, 5) is 3.61. The van der Waals surface area contributed by atoms with E-state index in [4.69, 9.17) is 27.9 Å². The monoisotopic (exact) mass is 332 g/mol. The molecule has 0 aliphatic rings. The SMILES string of the molecule is COc1ccc(Cl)cc1NS(=O)(=O)c1cccnc1Cl. The second kappa shape index (κ2) is 5.87. The molecule has 106 valence electrons. The molecule has 0 fully saturated rings. The van der Waals surface area contributed by atoms with Crippen LogP contribution in [-0.2, 0) is 10.0 Å². The maximum atomic E-state index is 12.3. The predicted molar refractivity (Wildman–Crippen MR) is 78.1 cm³/mol. The third-order valence-electron chi connectivity index (χ3n) is 2.42. The molecule has 0 aliphatic carbocycles. The van der Waals surface area contributed by atoms with Crippen LogP contribution in [0.15, 0.2) is 41.4 Å². The molecule has 5 nitrogen and oxygen atoms in total. The number of hydrogen-bond donors (Lipinski definition) is 1. The minimum Gasteiger partial charge on any atom is -0.495 e. The summed E-state index contributed by atoms with van der Waals surface area (Å²) in [5.41, 5.74) is 0.222. The average molecular weight is 333 g/mol. The van der Waals surface area contributed by atoms with E-state index in [9.17, 15) is 8.42 Å². The third kappa shape index (κ3) is 3.15. The Kier molecular flexibility index (Phi) is 4.37. The van der Waals surface area contributed by atoms with Gasteiger partial charge in [0.15, 0.2) is 0 Å². The Hall–Kier alpha value is -1.50. The Morgan fingerprint density at radius 2 is 2.00 bits per heavy atom. The fourth-order valence-corrected chi connectivity index (χ4v) is 3.22. The Morgan fingerprint density at radius 3 is 2.65 bits per heavy atom. The van der Waals surface area contributed by atoms with Crippen molar-refractivity contribution in [2.45, 2.75) is 4.90 Å². The van der Waals surface area contributed by atoms with Gasteiger partial charge in [0.25, 0.3) is 10.0 Å². The largest absolute Gasteiger partial charge is 0.495 e. The summed E-state index contributed by atoms with van der Waals surface area (Å²) >= 11 is 11.6. The molecule has 0 bridgehead atoms. The number of nitrogens with one attached hydrogen (secondary N) is 1. The first-order valence-electron chi connectivity index (χ1n) is 5.41. The standard InChI is InChI=1S/C12H10Cl2N2O3S/c1-19-10-5-4-8(13)7-9(10)16-20(17,18)11-3-2-6-15-12(11)14/h2-7,16H,1H3. The lowest BCUT2D eigenvalue weighted by molar-refractivity contribution is 0.417. The Morgan fingerprint density at radius 1 is 1.25 bits per heavy atom. The van der Waals surface area contributed by atoms with Crippen molar-refractivity contribution in [3.05, 3.63) is 46.7 Å². The van der Waals surface area contributed by atoms with Gasteiger partial charge in [-0.1, -0.05) is 23.2 Å². The van der Waals surface area contributed by atoms with Crippen LogP contribution in [0.4, 0.5) is 5.69 Å². The first-order valence-corrected chi connectivity index (χ1v) is 7.65. The number of benzene rings is 1. The van der Waals surface area contributed by atoms with E-state index in [0.29, 0.717) is 10.8 Å². The second-order valence-electron chi connectivity index (χ2n) is 3.74. The van der Waals surface area contributed by atoms with E-state index >= 15 is 0 Å². The molecule has 1 aromatic heterocycles. The van der Waals surface area contributed by atoms with Crippen molar-refractivity contribution in [3.63, 3.8) is 0 Å². The molecule has 8 heteroatoms. The van der Waals surface area contributed by atoms with Gasteiger partial charge in [-0.2, -0.15) is 0 Å². The molecule has 1 heterocycles. The van der Waals surface area contributed by atoms with E-state index in [-0.39, 0.29) is 15.7 Å². The first-order chi connectivity index (χ1) is 9.44. The minimum atomic E-state index is -3.88. The van der Waals surface area contributed by atoms with Gasteiger partial charge in [-0.15, -0.1) is 0 Å². The zero-order valence-electron chi connectivity index (χ0n) is 10.3. The summed E-state index contributed by atoms with van der Waals surface area (Å²) in [5, 5.41) is 0.266. The lowest BCUT2D eigenvalue weighted by Crippen LogP contribution is -2.14. The topological polar surface area (TPSA) is 68.3 Å². The summed E-state index contributed by atoms with van der Waals surface area (Å²) in [5.74, 6) is 0.345. The van der Waals surface area contributed by atoms with E-state index in [1.165, 1.54) is 31.5 Å². The highest BCUT2D eigenvalue weighted by Crippen LogP contribution is 2.30. The maximum absolute atomic E-state index is 12.3. The van der Waals surface area contributed by atoms with Gasteiger partial charge in [0.05, 0.1) is 12.8 Å². The van der Waals surface area contributed by atoms with Crippen LogP contribution in [0.1, 0.15) is 0 Å². The third-order valence-corrected chi connectivity index (χ3v) is 4.47. The van der Waals surface area contributed by atoms with Crippen LogP contribution in [0.5, 0.6) is 5.75 Å². The van der Waals surface area contributed by atoms with Crippen molar-refractivity contribution in [3.8, 4) is 5.75 Å². The molecular weight excluding hydrogens is 323 g/mol. The molecule has 2 aromatic rings. The number of methoxy groups -OCH3 is 1. The fraction of sp³-hybridized carbons (Fsp3) is 0.0833. The molecular formula is C12H10Cl2N2O3S. The number of rotatable bonds is 4. The number of nitrogens with zero attached hydrogens (tertiary/aromatic N) is 1. The Balaban J connectivity index is 2.44. The molecule has 0 radical (unpaired) electrons. The highest BCUT2D eigenvalue weighted by Gasteiger charge is 2.20. The van der Waals surface area contributed by atoms with Crippen molar-refractivity contribution >= 4 is 38.9 Å². The lowest BCUT2D eigenvalue weighted by Gasteiger charge is -2.12. The van der Waals surface area contributed by atoms with Gasteiger partial charge in [-0.05, 0) is 30.3 Å². The fourth-order valence-electron chi connectivity index (χ4n) is 1.53. The van der Waals surface area contributed by atoms with Gasteiger partial charge in [-0.25, -0.2) is 13.4 Å². The molecule has 2 rings (SSSR count). The number of ether oxygens (including phenoxy) is 1. The molecule has 0 saturated carbocycles. The molecule has 1 N–H and O–H groups in total. The van der Waals surface area contributed by atoms with Crippen LogP contribution >= 0.6 is 23.2 Å². The number of sulfonamides is 1. The van der Waals surface area contributed by atoms with E-state index in [1.807, 2.05) is 0 Å². The number of aromatic nitrogens is 1. The average Bonchev–Trinajstić information content (AvgIpc) is 2.39. The molecule has 0 spiro atoms. The second-order valence-corrected chi connectivity index (χ2v) is 6.19. The van der Waals surface area contributed by atoms with Crippen molar-refractivity contribution in [2.24, 2.45) is 0 Å². The molecule has 20 heavy (non-hydrogen) atoms. The zero-order chi connectivity index (χ0) is 14.8. The van der Waals surface area contributed by atoms with Gasteiger partial charge < -0.3 is 4.74 Å². The van der Waals surface area contributed by atoms with Gasteiger partial charge in [0.2, 0.25) is 0 Å². The molecule has 0 atom stereocenters. The number of pyridine rings is 1. The summed E-state index contributed by atoms with van der Waals surface area (Å²) < 4.78 is 32.0. The number of halogens is 2. The lowest BCUT2D eigenvalue weighted by atomic mass is 10.3. The molecule has 0 saturated heterocycles. The van der Waals surface area contributed by atoms with Crippen LogP contribution in [0, 0.1) is 0 Å². The molecule has 0 aliphatic heterocycles. The maximum Gasteiger partial charge on any atom is 0.265 e.